The van der Waals surface area contributed by atoms with Gasteiger partial charge in [-0.1, -0.05) is 29.8 Å². The predicted octanol–water partition coefficient (Wildman–Crippen LogP) is 2.25. The van der Waals surface area contributed by atoms with Gasteiger partial charge in [0.25, 0.3) is 5.56 Å². The lowest BCUT2D eigenvalue weighted by Gasteiger charge is -2.07. The molecule has 0 radical (unpaired) electrons. The molecule has 0 aliphatic heterocycles. The average Bonchev–Trinajstić information content (AvgIpc) is 2.34. The second kappa shape index (κ2) is 5.06. The average molecular weight is 264 g/mol. The number of aromatic carboxylic acids is 1. The van der Waals surface area contributed by atoms with Gasteiger partial charge in [0.1, 0.15) is 0 Å². The van der Waals surface area contributed by atoms with Crippen molar-refractivity contribution in [3.63, 3.8) is 0 Å². The first kappa shape index (κ1) is 12.4. The van der Waals surface area contributed by atoms with Crippen LogP contribution in [-0.2, 0) is 6.54 Å². The molecule has 0 fully saturated rings. The molecule has 2 rings (SSSR count). The van der Waals surface area contributed by atoms with Crippen LogP contribution in [0.4, 0.5) is 0 Å². The fourth-order valence-corrected chi connectivity index (χ4v) is 1.78. The molecule has 0 saturated heterocycles. The molecule has 5 heteroatoms. The lowest BCUT2D eigenvalue weighted by atomic mass is 10.2. The Hall–Kier alpha value is -2.07. The van der Waals surface area contributed by atoms with Crippen LogP contribution in [0.2, 0.25) is 5.02 Å². The molecule has 1 aromatic heterocycles. The Morgan fingerprint density at radius 2 is 2.00 bits per heavy atom. The minimum Gasteiger partial charge on any atom is -0.478 e. The summed E-state index contributed by atoms with van der Waals surface area (Å²) in [5.41, 5.74) is 0.426. The van der Waals surface area contributed by atoms with Crippen LogP contribution in [0.25, 0.3) is 0 Å². The van der Waals surface area contributed by atoms with E-state index in [9.17, 15) is 9.59 Å². The van der Waals surface area contributed by atoms with E-state index in [0.29, 0.717) is 11.6 Å². The highest BCUT2D eigenvalue weighted by Gasteiger charge is 2.06. The fourth-order valence-electron chi connectivity index (χ4n) is 1.58. The third-order valence-electron chi connectivity index (χ3n) is 2.54. The van der Waals surface area contributed by atoms with Crippen LogP contribution < -0.4 is 5.56 Å². The van der Waals surface area contributed by atoms with Crippen LogP contribution in [-0.4, -0.2) is 15.6 Å². The van der Waals surface area contributed by atoms with Gasteiger partial charge in [-0.05, 0) is 17.7 Å². The largest absolute Gasteiger partial charge is 0.478 e. The van der Waals surface area contributed by atoms with Gasteiger partial charge in [0.05, 0.1) is 12.1 Å². The first-order valence-electron chi connectivity index (χ1n) is 5.25. The van der Waals surface area contributed by atoms with E-state index in [-0.39, 0.29) is 11.1 Å². The SMILES string of the molecule is O=C(O)c1ccn(Cc2ccccc2Cl)c(=O)c1. The first-order valence-corrected chi connectivity index (χ1v) is 5.63. The Labute approximate surface area is 108 Å². The summed E-state index contributed by atoms with van der Waals surface area (Å²) >= 11 is 6.00. The molecular formula is C13H10ClNO3. The van der Waals surface area contributed by atoms with Gasteiger partial charge in [0.15, 0.2) is 0 Å². The smallest absolute Gasteiger partial charge is 0.335 e. The van der Waals surface area contributed by atoms with Gasteiger partial charge < -0.3 is 9.67 Å². The molecule has 0 aliphatic carbocycles. The molecular weight excluding hydrogens is 254 g/mol. The zero-order valence-electron chi connectivity index (χ0n) is 9.34. The molecule has 1 heterocycles. The van der Waals surface area contributed by atoms with Gasteiger partial charge in [0.2, 0.25) is 0 Å². The highest BCUT2D eigenvalue weighted by Crippen LogP contribution is 2.15. The lowest BCUT2D eigenvalue weighted by Crippen LogP contribution is -2.20. The summed E-state index contributed by atoms with van der Waals surface area (Å²) in [5, 5.41) is 9.34. The standard InChI is InChI=1S/C13H10ClNO3/c14-11-4-2-1-3-10(11)8-15-6-5-9(13(17)18)7-12(15)16/h1-7H,8H2,(H,17,18). The molecule has 4 nitrogen and oxygen atoms in total. The van der Waals surface area contributed by atoms with Crippen LogP contribution in [0.5, 0.6) is 0 Å². The van der Waals surface area contributed by atoms with Crippen molar-refractivity contribution >= 4 is 17.6 Å². The summed E-state index contributed by atoms with van der Waals surface area (Å²) in [5.74, 6) is -1.11. The molecule has 1 aromatic carbocycles. The van der Waals surface area contributed by atoms with E-state index in [4.69, 9.17) is 16.7 Å². The van der Waals surface area contributed by atoms with Crippen molar-refractivity contribution in [2.24, 2.45) is 0 Å². The number of hydrogen-bond acceptors (Lipinski definition) is 2. The van der Waals surface area contributed by atoms with Crippen molar-refractivity contribution in [1.29, 1.82) is 0 Å². The highest BCUT2D eigenvalue weighted by atomic mass is 35.5. The summed E-state index contributed by atoms with van der Waals surface area (Å²) in [4.78, 5) is 22.4. The van der Waals surface area contributed by atoms with Crippen molar-refractivity contribution in [2.75, 3.05) is 0 Å². The van der Waals surface area contributed by atoms with Crippen molar-refractivity contribution in [2.45, 2.75) is 6.54 Å². The van der Waals surface area contributed by atoms with Crippen molar-refractivity contribution in [1.82, 2.24) is 4.57 Å². The van der Waals surface area contributed by atoms with Gasteiger partial charge in [-0.2, -0.15) is 0 Å². The van der Waals surface area contributed by atoms with E-state index < -0.39 is 5.97 Å². The molecule has 92 valence electrons. The number of nitrogens with zero attached hydrogens (tertiary/aromatic N) is 1. The van der Waals surface area contributed by atoms with E-state index >= 15 is 0 Å². The lowest BCUT2D eigenvalue weighted by molar-refractivity contribution is 0.0696. The number of carboxylic acids is 1. The Kier molecular flexibility index (Phi) is 3.48. The summed E-state index contributed by atoms with van der Waals surface area (Å²) in [6.45, 7) is 0.318. The maximum atomic E-state index is 11.7. The topological polar surface area (TPSA) is 59.3 Å². The van der Waals surface area contributed by atoms with Crippen molar-refractivity contribution in [3.8, 4) is 0 Å². The Bertz CT molecular complexity index is 649. The second-order valence-corrected chi connectivity index (χ2v) is 4.19. The molecule has 2 aromatic rings. The minimum absolute atomic E-state index is 0.0181. The number of carboxylic acid groups (broad SMARTS) is 1. The number of benzene rings is 1. The van der Waals surface area contributed by atoms with E-state index in [0.717, 1.165) is 11.6 Å². The molecule has 0 unspecified atom stereocenters. The molecule has 0 atom stereocenters. The van der Waals surface area contributed by atoms with Crippen LogP contribution in [0.1, 0.15) is 15.9 Å². The molecule has 0 aliphatic rings. The summed E-state index contributed by atoms with van der Waals surface area (Å²) in [6, 6.07) is 9.69. The minimum atomic E-state index is -1.11. The molecule has 0 spiro atoms. The highest BCUT2D eigenvalue weighted by molar-refractivity contribution is 6.31. The number of halogens is 1. The predicted molar refractivity (Wildman–Crippen MR) is 68.2 cm³/mol. The Morgan fingerprint density at radius 3 is 2.61 bits per heavy atom. The normalized spacial score (nSPS) is 10.3. The second-order valence-electron chi connectivity index (χ2n) is 3.78. The molecule has 0 saturated carbocycles. The van der Waals surface area contributed by atoms with Crippen LogP contribution in [0, 0.1) is 0 Å². The van der Waals surface area contributed by atoms with Gasteiger partial charge in [-0.3, -0.25) is 4.79 Å². The number of rotatable bonds is 3. The molecule has 1 N–H and O–H groups in total. The number of aromatic nitrogens is 1. The van der Waals surface area contributed by atoms with Gasteiger partial charge in [-0.15, -0.1) is 0 Å². The molecule has 18 heavy (non-hydrogen) atoms. The van der Waals surface area contributed by atoms with E-state index in [1.165, 1.54) is 16.8 Å². The third-order valence-corrected chi connectivity index (χ3v) is 2.91. The number of hydrogen-bond donors (Lipinski definition) is 1. The van der Waals surface area contributed by atoms with Crippen molar-refractivity contribution in [3.05, 3.63) is 69.1 Å². The van der Waals surface area contributed by atoms with Crippen LogP contribution in [0.3, 0.4) is 0 Å². The summed E-state index contributed by atoms with van der Waals surface area (Å²) in [7, 11) is 0. The monoisotopic (exact) mass is 263 g/mol. The quantitative estimate of drug-likeness (QED) is 0.924. The van der Waals surface area contributed by atoms with E-state index in [1.807, 2.05) is 18.2 Å². The van der Waals surface area contributed by atoms with Gasteiger partial charge in [-0.25, -0.2) is 4.79 Å². The zero-order chi connectivity index (χ0) is 13.1. The Morgan fingerprint density at radius 1 is 1.28 bits per heavy atom. The van der Waals surface area contributed by atoms with Gasteiger partial charge >= 0.3 is 5.97 Å². The van der Waals surface area contributed by atoms with Crippen LogP contribution in [0.15, 0.2) is 47.4 Å². The molecule has 0 bridgehead atoms. The van der Waals surface area contributed by atoms with E-state index in [1.54, 1.807) is 6.07 Å². The van der Waals surface area contributed by atoms with Crippen molar-refractivity contribution < 1.29 is 9.90 Å². The maximum Gasteiger partial charge on any atom is 0.335 e. The number of pyridine rings is 1. The Balaban J connectivity index is 2.34. The maximum absolute atomic E-state index is 11.7. The fraction of sp³-hybridized carbons (Fsp3) is 0.0769. The first-order chi connectivity index (χ1) is 8.58. The zero-order valence-corrected chi connectivity index (χ0v) is 10.1. The van der Waals surface area contributed by atoms with Gasteiger partial charge in [0, 0.05) is 17.3 Å². The van der Waals surface area contributed by atoms with E-state index in [2.05, 4.69) is 0 Å². The van der Waals surface area contributed by atoms with Crippen LogP contribution >= 0.6 is 11.6 Å². The number of carbonyl (C=O) groups is 1. The third kappa shape index (κ3) is 2.60. The molecule has 0 amide bonds. The summed E-state index contributed by atoms with van der Waals surface area (Å²) < 4.78 is 1.41. The summed E-state index contributed by atoms with van der Waals surface area (Å²) in [6.07, 6.45) is 1.45.